The average Bonchev–Trinajstić information content (AvgIpc) is 3.38. The maximum Gasteiger partial charge on any atom is -0.0216 e. The van der Waals surface area contributed by atoms with Gasteiger partial charge in [-0.05, 0) is 130 Å². The molecule has 3 fully saturated rings. The van der Waals surface area contributed by atoms with E-state index in [4.69, 9.17) is 0 Å². The quantitative estimate of drug-likeness (QED) is 0.227. The van der Waals surface area contributed by atoms with Gasteiger partial charge in [-0.1, -0.05) is 337 Å². The van der Waals surface area contributed by atoms with Crippen LogP contribution in [0.2, 0.25) is 0 Å². The van der Waals surface area contributed by atoms with Crippen LogP contribution in [-0.4, -0.2) is 0 Å². The lowest BCUT2D eigenvalue weighted by atomic mass is 9.43. The molecule has 0 aromatic rings. The van der Waals surface area contributed by atoms with E-state index >= 15 is 0 Å². The van der Waals surface area contributed by atoms with E-state index in [0.717, 1.165) is 71.0 Å². The molecule has 0 spiro atoms. The van der Waals surface area contributed by atoms with Crippen LogP contribution in [0.15, 0.2) is 0 Å². The SMILES string of the molecule is CC1C(C)C(C)C(C)C(C)C(C)C(C)C(C)C(C)(C)C2(C)CCCCCCCCCCCC(C3CCCCCCCCCCCCCC(C)C2(C)CCCCCCCCCCCC3)C(C)C(C)C(C)C(C)C1C. The molecule has 0 N–H and O–H groups in total. The zero-order valence-corrected chi connectivity index (χ0v) is 54.2. The summed E-state index contributed by atoms with van der Waals surface area (Å²) in [6.45, 7) is 49.4. The van der Waals surface area contributed by atoms with Crippen LogP contribution in [0, 0.1) is 111 Å². The molecule has 0 amide bonds. The van der Waals surface area contributed by atoms with Gasteiger partial charge in [0.05, 0.1) is 0 Å². The second kappa shape index (κ2) is 34.9. The van der Waals surface area contributed by atoms with Gasteiger partial charge in [-0.3, -0.25) is 0 Å². The van der Waals surface area contributed by atoms with Crippen LogP contribution in [0.1, 0.15) is 356 Å². The normalized spacial score (nSPS) is 42.8. The molecule has 18 unspecified atom stereocenters. The Morgan fingerprint density at radius 1 is 0.233 bits per heavy atom. The van der Waals surface area contributed by atoms with Crippen molar-refractivity contribution >= 4 is 0 Å². The van der Waals surface area contributed by atoms with E-state index in [0.29, 0.717) is 29.1 Å². The molecular formula is C73H142. The fraction of sp³-hybridized carbons (Fsp3) is 1.00. The Kier molecular flexibility index (Phi) is 32.2. The third-order valence-electron chi connectivity index (χ3n) is 26.5. The topological polar surface area (TPSA) is 0 Å². The molecule has 73 heavy (non-hydrogen) atoms. The first kappa shape index (κ1) is 67.3. The Morgan fingerprint density at radius 2 is 0.479 bits per heavy atom. The van der Waals surface area contributed by atoms with E-state index in [1.165, 1.54) is 231 Å². The molecular weight excluding hydrogens is 877 g/mol. The monoisotopic (exact) mass is 1020 g/mol. The summed E-state index contributed by atoms with van der Waals surface area (Å²) >= 11 is 0. The van der Waals surface area contributed by atoms with Crippen molar-refractivity contribution in [2.24, 2.45) is 111 Å². The Balaban J connectivity index is 2.23. The molecule has 0 nitrogen and oxygen atoms in total. The molecule has 434 valence electrons. The highest BCUT2D eigenvalue weighted by molar-refractivity contribution is 5.06. The number of fused-ring (bicyclic) bond motifs is 27. The number of rotatable bonds is 0. The molecule has 0 radical (unpaired) electrons. The summed E-state index contributed by atoms with van der Waals surface area (Å²) in [6.07, 6.45) is 52.7. The molecule has 3 rings (SSSR count). The highest BCUT2D eigenvalue weighted by atomic mass is 14.6. The smallest absolute Gasteiger partial charge is 0.0216 e. The van der Waals surface area contributed by atoms with Gasteiger partial charge in [-0.15, -0.1) is 0 Å². The van der Waals surface area contributed by atoms with Crippen LogP contribution in [0.5, 0.6) is 0 Å². The minimum atomic E-state index is 0.237. The van der Waals surface area contributed by atoms with E-state index in [-0.39, 0.29) is 10.8 Å². The molecule has 3 saturated carbocycles. The first-order valence-corrected chi connectivity index (χ1v) is 34.7. The van der Waals surface area contributed by atoms with Gasteiger partial charge >= 0.3 is 0 Å². The van der Waals surface area contributed by atoms with Crippen molar-refractivity contribution in [1.29, 1.82) is 0 Å². The Labute approximate surface area is 464 Å². The summed E-state index contributed by atoms with van der Waals surface area (Å²) in [5, 5.41) is 0. The van der Waals surface area contributed by atoms with Crippen LogP contribution >= 0.6 is 0 Å². The molecule has 4 bridgehead atoms. The highest BCUT2D eigenvalue weighted by Gasteiger charge is 2.57. The van der Waals surface area contributed by atoms with Gasteiger partial charge < -0.3 is 0 Å². The lowest BCUT2D eigenvalue weighted by Crippen LogP contribution is -2.55. The molecule has 18 atom stereocenters. The second-order valence-electron chi connectivity index (χ2n) is 30.2. The predicted octanol–water partition coefficient (Wildman–Crippen LogP) is 25.2. The molecule has 3 aliphatic rings. The summed E-state index contributed by atoms with van der Waals surface area (Å²) < 4.78 is 0. The third kappa shape index (κ3) is 19.9. The summed E-state index contributed by atoms with van der Waals surface area (Å²) in [6, 6.07) is 0. The van der Waals surface area contributed by atoms with Gasteiger partial charge in [0, 0.05) is 0 Å². The van der Waals surface area contributed by atoms with Gasteiger partial charge in [0.25, 0.3) is 0 Å². The summed E-state index contributed by atoms with van der Waals surface area (Å²) in [5.41, 5.74) is 0.851. The van der Waals surface area contributed by atoms with Crippen molar-refractivity contribution in [3.8, 4) is 0 Å². The van der Waals surface area contributed by atoms with E-state index in [1.54, 1.807) is 0 Å². The summed E-state index contributed by atoms with van der Waals surface area (Å²) in [7, 11) is 0. The Bertz CT molecular complexity index is 1360. The van der Waals surface area contributed by atoms with Crippen LogP contribution < -0.4 is 0 Å². The maximum atomic E-state index is 2.90. The molecule has 0 aromatic heterocycles. The van der Waals surface area contributed by atoms with Gasteiger partial charge in [-0.2, -0.15) is 0 Å². The van der Waals surface area contributed by atoms with Crippen molar-refractivity contribution in [2.75, 3.05) is 0 Å². The minimum Gasteiger partial charge on any atom is -0.0620 e. The largest absolute Gasteiger partial charge is 0.0620 e. The molecule has 0 heteroatoms. The van der Waals surface area contributed by atoms with Crippen LogP contribution in [-0.2, 0) is 0 Å². The number of hydrogen-bond acceptors (Lipinski definition) is 0. The zero-order valence-electron chi connectivity index (χ0n) is 54.2. The standard InChI is InChI=1S/C73H142/c1-55-49-43-37-31-25-20-19-21-26-32-38-44-50-69-51-45-39-33-27-22-23-29-35-41-47-53-72(55,17)73(18)54-48-42-36-30-24-28-34-40-46-52-70(69)67(13)65(11)63(9)61(7)59(5)57(3)56(2)58(4)60(6)62(8)64(10)66(12)68(14)71(73,15)16/h55-70H,19-54H2,1-18H3. The molecule has 0 aliphatic heterocycles. The van der Waals surface area contributed by atoms with Crippen LogP contribution in [0.25, 0.3) is 0 Å². The van der Waals surface area contributed by atoms with Crippen LogP contribution in [0.3, 0.4) is 0 Å². The van der Waals surface area contributed by atoms with E-state index in [2.05, 4.69) is 125 Å². The van der Waals surface area contributed by atoms with E-state index in [9.17, 15) is 0 Å². The van der Waals surface area contributed by atoms with Gasteiger partial charge in [-0.25, -0.2) is 0 Å². The minimum absolute atomic E-state index is 0.237. The van der Waals surface area contributed by atoms with Crippen molar-refractivity contribution in [3.05, 3.63) is 0 Å². The van der Waals surface area contributed by atoms with E-state index in [1.807, 2.05) is 0 Å². The van der Waals surface area contributed by atoms with E-state index < -0.39 is 0 Å². The van der Waals surface area contributed by atoms with Crippen molar-refractivity contribution in [2.45, 2.75) is 356 Å². The maximum absolute atomic E-state index is 2.90. The predicted molar refractivity (Wildman–Crippen MR) is 331 cm³/mol. The van der Waals surface area contributed by atoms with Crippen LogP contribution in [0.4, 0.5) is 0 Å². The molecule has 0 heterocycles. The van der Waals surface area contributed by atoms with Crippen molar-refractivity contribution in [3.63, 3.8) is 0 Å². The summed E-state index contributed by atoms with van der Waals surface area (Å²) in [5.74, 6) is 12.1. The lowest BCUT2D eigenvalue weighted by Gasteiger charge is -2.62. The van der Waals surface area contributed by atoms with Crippen molar-refractivity contribution < 1.29 is 0 Å². The first-order valence-electron chi connectivity index (χ1n) is 34.7. The molecule has 3 aliphatic carbocycles. The zero-order chi connectivity index (χ0) is 54.2. The fourth-order valence-corrected chi connectivity index (χ4v) is 17.9. The fourth-order valence-electron chi connectivity index (χ4n) is 17.9. The summed E-state index contributed by atoms with van der Waals surface area (Å²) in [4.78, 5) is 0. The van der Waals surface area contributed by atoms with Gasteiger partial charge in [0.1, 0.15) is 0 Å². The average molecular weight is 1020 g/mol. The Hall–Kier alpha value is 0. The Morgan fingerprint density at radius 3 is 0.822 bits per heavy atom. The highest BCUT2D eigenvalue weighted by Crippen LogP contribution is 2.65. The van der Waals surface area contributed by atoms with Crippen molar-refractivity contribution in [1.82, 2.24) is 0 Å². The lowest BCUT2D eigenvalue weighted by molar-refractivity contribution is -0.133. The van der Waals surface area contributed by atoms with Gasteiger partial charge in [0.2, 0.25) is 0 Å². The first-order chi connectivity index (χ1) is 34.7. The second-order valence-corrected chi connectivity index (χ2v) is 30.2. The number of hydrogen-bond donors (Lipinski definition) is 0. The molecule has 0 saturated heterocycles. The van der Waals surface area contributed by atoms with Gasteiger partial charge in [0.15, 0.2) is 0 Å². The third-order valence-corrected chi connectivity index (χ3v) is 26.5. The molecule has 0 aromatic carbocycles.